The van der Waals surface area contributed by atoms with Crippen LogP contribution in [0.3, 0.4) is 0 Å². The van der Waals surface area contributed by atoms with Gasteiger partial charge in [-0.3, -0.25) is 4.90 Å². The van der Waals surface area contributed by atoms with Crippen LogP contribution in [0, 0.1) is 11.7 Å². The Labute approximate surface area is 185 Å². The normalized spacial score (nSPS) is 18.0. The van der Waals surface area contributed by atoms with E-state index in [9.17, 15) is 22.7 Å². The van der Waals surface area contributed by atoms with E-state index in [-0.39, 0.29) is 30.0 Å². The van der Waals surface area contributed by atoms with E-state index in [1.165, 1.54) is 6.07 Å². The van der Waals surface area contributed by atoms with Gasteiger partial charge < -0.3 is 9.84 Å². The van der Waals surface area contributed by atoms with Crippen molar-refractivity contribution >= 4 is 0 Å². The second-order valence-corrected chi connectivity index (χ2v) is 8.82. The van der Waals surface area contributed by atoms with Crippen LogP contribution < -0.4 is 4.74 Å². The monoisotopic (exact) mass is 449 g/mol. The van der Waals surface area contributed by atoms with Gasteiger partial charge in [0.1, 0.15) is 18.2 Å². The van der Waals surface area contributed by atoms with Crippen LogP contribution in [-0.4, -0.2) is 23.1 Å². The minimum absolute atomic E-state index is 0.0299. The minimum Gasteiger partial charge on any atom is -0.513 e. The van der Waals surface area contributed by atoms with Crippen molar-refractivity contribution in [2.45, 2.75) is 50.9 Å². The van der Waals surface area contributed by atoms with Crippen molar-refractivity contribution in [2.75, 3.05) is 13.1 Å². The maximum absolute atomic E-state index is 14.5. The predicted octanol–water partition coefficient (Wildman–Crippen LogP) is 6.58. The molecule has 2 fully saturated rings. The van der Waals surface area contributed by atoms with Crippen molar-refractivity contribution in [3.8, 4) is 5.75 Å². The number of ether oxygens (including phenoxy) is 1. The highest BCUT2D eigenvalue weighted by Crippen LogP contribution is 2.42. The summed E-state index contributed by atoms with van der Waals surface area (Å²) >= 11 is 0. The molecular weight excluding hydrogens is 422 g/mol. The zero-order valence-electron chi connectivity index (χ0n) is 17.8. The van der Waals surface area contributed by atoms with E-state index in [1.54, 1.807) is 24.3 Å². The lowest BCUT2D eigenvalue weighted by atomic mass is 9.91. The Morgan fingerprint density at radius 1 is 1.09 bits per heavy atom. The molecule has 0 atom stereocenters. The van der Waals surface area contributed by atoms with Crippen LogP contribution in [-0.2, 0) is 19.3 Å². The molecule has 172 valence electrons. The average Bonchev–Trinajstić information content (AvgIpc) is 3.23. The Morgan fingerprint density at radius 2 is 1.81 bits per heavy atom. The average molecular weight is 449 g/mol. The van der Waals surface area contributed by atoms with E-state index < -0.39 is 17.6 Å². The first-order chi connectivity index (χ1) is 15.2. The van der Waals surface area contributed by atoms with Crippen LogP contribution in [0.25, 0.3) is 0 Å². The van der Waals surface area contributed by atoms with E-state index in [1.807, 2.05) is 4.90 Å². The van der Waals surface area contributed by atoms with Gasteiger partial charge in [0, 0.05) is 37.2 Å². The number of likely N-dealkylation sites (tertiary alicyclic amines) is 1. The fourth-order valence-corrected chi connectivity index (χ4v) is 4.59. The van der Waals surface area contributed by atoms with Gasteiger partial charge in [-0.2, -0.15) is 13.2 Å². The summed E-state index contributed by atoms with van der Waals surface area (Å²) in [5, 5.41) is 9.36. The van der Waals surface area contributed by atoms with Crippen LogP contribution in [0.15, 0.2) is 48.7 Å². The second-order valence-electron chi connectivity index (χ2n) is 8.82. The summed E-state index contributed by atoms with van der Waals surface area (Å²) < 4.78 is 61.0. The Balaban J connectivity index is 1.40. The Kier molecular flexibility index (Phi) is 6.47. The quantitative estimate of drug-likeness (QED) is 0.383. The smallest absolute Gasteiger partial charge is 0.416 e. The molecule has 0 unspecified atom stereocenters. The molecule has 0 amide bonds. The van der Waals surface area contributed by atoms with E-state index in [2.05, 4.69) is 6.58 Å². The summed E-state index contributed by atoms with van der Waals surface area (Å²) in [5.41, 5.74) is 0.677. The first-order valence-corrected chi connectivity index (χ1v) is 10.9. The van der Waals surface area contributed by atoms with Crippen molar-refractivity contribution in [1.29, 1.82) is 0 Å². The van der Waals surface area contributed by atoms with Gasteiger partial charge in [-0.15, -0.1) is 0 Å². The van der Waals surface area contributed by atoms with E-state index in [0.717, 1.165) is 31.7 Å². The fraction of sp³-hybridized carbons (Fsp3) is 0.440. The number of alkyl halides is 3. The molecular formula is C25H27F4NO2. The molecule has 1 aliphatic carbocycles. The molecule has 0 bridgehead atoms. The number of halogens is 4. The molecule has 0 spiro atoms. The van der Waals surface area contributed by atoms with Crippen LogP contribution in [0.4, 0.5) is 17.6 Å². The summed E-state index contributed by atoms with van der Waals surface area (Å²) in [6.07, 6.45) is -0.915. The maximum atomic E-state index is 14.5. The maximum Gasteiger partial charge on any atom is 0.416 e. The highest BCUT2D eigenvalue weighted by Gasteiger charge is 2.36. The summed E-state index contributed by atoms with van der Waals surface area (Å²) in [7, 11) is 0. The third-order valence-electron chi connectivity index (χ3n) is 6.47. The van der Waals surface area contributed by atoms with E-state index in [0.29, 0.717) is 36.3 Å². The molecule has 2 aliphatic rings. The number of hydrogen-bond acceptors (Lipinski definition) is 3. The summed E-state index contributed by atoms with van der Waals surface area (Å²) in [5.74, 6) is -0.0238. The first kappa shape index (κ1) is 22.6. The van der Waals surface area contributed by atoms with Crippen molar-refractivity contribution in [2.24, 2.45) is 5.92 Å². The lowest BCUT2D eigenvalue weighted by Crippen LogP contribution is -2.46. The van der Waals surface area contributed by atoms with E-state index >= 15 is 0 Å². The van der Waals surface area contributed by atoms with Crippen LogP contribution in [0.5, 0.6) is 5.75 Å². The first-order valence-electron chi connectivity index (χ1n) is 10.9. The topological polar surface area (TPSA) is 32.7 Å². The molecule has 2 aromatic carbocycles. The van der Waals surface area contributed by atoms with Crippen LogP contribution in [0.2, 0.25) is 0 Å². The Morgan fingerprint density at radius 3 is 2.44 bits per heavy atom. The molecule has 7 heteroatoms. The molecule has 1 aliphatic heterocycles. The van der Waals surface area contributed by atoms with Crippen LogP contribution >= 0.6 is 0 Å². The standard InChI is InChI=1S/C25H27F4NO2/c1-16(31)20-13-30(14-20)12-19-7-8-21(11-24(19)26)32-15-17-6-9-22(18-4-2-3-5-18)23(10-17)25(27,28)29/h6-11,18,20,31H,1-5,12-15H2. The largest absolute Gasteiger partial charge is 0.513 e. The summed E-state index contributed by atoms with van der Waals surface area (Å²) in [6.45, 7) is 5.11. The zero-order valence-corrected chi connectivity index (χ0v) is 17.8. The Bertz CT molecular complexity index is 976. The van der Waals surface area contributed by atoms with E-state index in [4.69, 9.17) is 4.74 Å². The van der Waals surface area contributed by atoms with Crippen molar-refractivity contribution in [3.05, 3.63) is 76.8 Å². The third kappa shape index (κ3) is 5.09. The number of benzene rings is 2. The molecule has 2 aromatic rings. The van der Waals surface area contributed by atoms with Gasteiger partial charge in [-0.05, 0) is 42.0 Å². The van der Waals surface area contributed by atoms with Crippen molar-refractivity contribution < 1.29 is 27.4 Å². The molecule has 4 rings (SSSR count). The molecule has 1 heterocycles. The van der Waals surface area contributed by atoms with Gasteiger partial charge in [0.2, 0.25) is 0 Å². The predicted molar refractivity (Wildman–Crippen MR) is 114 cm³/mol. The second kappa shape index (κ2) is 9.14. The molecule has 32 heavy (non-hydrogen) atoms. The lowest BCUT2D eigenvalue weighted by molar-refractivity contribution is -0.138. The fourth-order valence-electron chi connectivity index (χ4n) is 4.59. The highest BCUT2D eigenvalue weighted by atomic mass is 19.4. The summed E-state index contributed by atoms with van der Waals surface area (Å²) in [4.78, 5) is 2.00. The number of aliphatic hydroxyl groups is 1. The third-order valence-corrected chi connectivity index (χ3v) is 6.47. The molecule has 1 saturated carbocycles. The van der Waals surface area contributed by atoms with Crippen molar-refractivity contribution in [3.63, 3.8) is 0 Å². The zero-order chi connectivity index (χ0) is 22.9. The SMILES string of the molecule is C=C(O)C1CN(Cc2ccc(OCc3ccc(C4CCCC4)c(C(F)(F)F)c3)cc2F)C1. The van der Waals surface area contributed by atoms with Gasteiger partial charge >= 0.3 is 6.18 Å². The number of nitrogens with zero attached hydrogens (tertiary/aromatic N) is 1. The molecule has 1 N–H and O–H groups in total. The number of hydrogen-bond donors (Lipinski definition) is 1. The van der Waals surface area contributed by atoms with Gasteiger partial charge in [0.05, 0.1) is 11.3 Å². The van der Waals surface area contributed by atoms with Gasteiger partial charge in [-0.1, -0.05) is 37.6 Å². The molecule has 3 nitrogen and oxygen atoms in total. The minimum atomic E-state index is -4.42. The molecule has 0 aromatic heterocycles. The van der Waals surface area contributed by atoms with Crippen molar-refractivity contribution in [1.82, 2.24) is 4.90 Å². The highest BCUT2D eigenvalue weighted by molar-refractivity contribution is 5.37. The van der Waals surface area contributed by atoms with Gasteiger partial charge in [0.25, 0.3) is 0 Å². The van der Waals surface area contributed by atoms with Gasteiger partial charge in [-0.25, -0.2) is 4.39 Å². The molecule has 0 radical (unpaired) electrons. The lowest BCUT2D eigenvalue weighted by Gasteiger charge is -2.38. The number of rotatable bonds is 7. The van der Waals surface area contributed by atoms with Crippen LogP contribution in [0.1, 0.15) is 53.9 Å². The molecule has 1 saturated heterocycles. The summed E-state index contributed by atoms with van der Waals surface area (Å²) in [6, 6.07) is 8.91. The van der Waals surface area contributed by atoms with Gasteiger partial charge in [0.15, 0.2) is 0 Å². The Hall–Kier alpha value is -2.54. The number of aliphatic hydroxyl groups excluding tert-OH is 1.